The van der Waals surface area contributed by atoms with Gasteiger partial charge in [-0.15, -0.1) is 0 Å². The minimum Gasteiger partial charge on any atom is -0.370 e. The van der Waals surface area contributed by atoms with E-state index in [9.17, 15) is 0 Å². The molecular weight excluding hydrogens is 222 g/mol. The van der Waals surface area contributed by atoms with Crippen LogP contribution in [-0.2, 0) is 0 Å². The molecular formula is C15H19N3. The van der Waals surface area contributed by atoms with Crippen molar-refractivity contribution in [2.75, 3.05) is 11.9 Å². The molecule has 1 aromatic heterocycles. The number of hydrogen-bond donors (Lipinski definition) is 1. The van der Waals surface area contributed by atoms with Crippen molar-refractivity contribution in [2.45, 2.75) is 27.7 Å². The van der Waals surface area contributed by atoms with Crippen LogP contribution in [0.25, 0.3) is 11.4 Å². The Morgan fingerprint density at radius 2 is 1.83 bits per heavy atom. The molecule has 0 saturated heterocycles. The van der Waals surface area contributed by atoms with Crippen molar-refractivity contribution in [3.8, 4) is 11.4 Å². The first-order chi connectivity index (χ1) is 8.60. The number of aromatic nitrogens is 2. The summed E-state index contributed by atoms with van der Waals surface area (Å²) in [5, 5.41) is 3.24. The van der Waals surface area contributed by atoms with Crippen LogP contribution in [0.3, 0.4) is 0 Å². The lowest BCUT2D eigenvalue weighted by Crippen LogP contribution is -2.03. The quantitative estimate of drug-likeness (QED) is 0.893. The average Bonchev–Trinajstić information content (AvgIpc) is 2.28. The molecule has 0 spiro atoms. The van der Waals surface area contributed by atoms with E-state index in [0.29, 0.717) is 0 Å². The summed E-state index contributed by atoms with van der Waals surface area (Å²) in [5.74, 6) is 1.68. The van der Waals surface area contributed by atoms with E-state index in [1.807, 2.05) is 13.0 Å². The van der Waals surface area contributed by atoms with Crippen molar-refractivity contribution in [3.63, 3.8) is 0 Å². The third-order valence-corrected chi connectivity index (χ3v) is 2.83. The highest BCUT2D eigenvalue weighted by atomic mass is 15.0. The predicted molar refractivity (Wildman–Crippen MR) is 75.8 cm³/mol. The lowest BCUT2D eigenvalue weighted by atomic mass is 10.1. The van der Waals surface area contributed by atoms with Crippen LogP contribution in [0.2, 0.25) is 0 Å². The van der Waals surface area contributed by atoms with Gasteiger partial charge in [-0.25, -0.2) is 9.97 Å². The Morgan fingerprint density at radius 3 is 2.50 bits per heavy atom. The van der Waals surface area contributed by atoms with Crippen molar-refractivity contribution >= 4 is 5.82 Å². The van der Waals surface area contributed by atoms with Crippen molar-refractivity contribution in [3.05, 3.63) is 41.1 Å². The van der Waals surface area contributed by atoms with Crippen LogP contribution >= 0.6 is 0 Å². The Hall–Kier alpha value is -1.90. The molecule has 0 fully saturated rings. The lowest BCUT2D eigenvalue weighted by molar-refractivity contribution is 1.08. The summed E-state index contributed by atoms with van der Waals surface area (Å²) in [6.45, 7) is 9.12. The summed E-state index contributed by atoms with van der Waals surface area (Å²) < 4.78 is 0. The molecule has 0 aliphatic heterocycles. The third kappa shape index (κ3) is 2.67. The summed E-state index contributed by atoms with van der Waals surface area (Å²) in [7, 11) is 0. The molecule has 1 heterocycles. The zero-order chi connectivity index (χ0) is 13.1. The van der Waals surface area contributed by atoms with Gasteiger partial charge >= 0.3 is 0 Å². The van der Waals surface area contributed by atoms with Crippen molar-refractivity contribution < 1.29 is 0 Å². The van der Waals surface area contributed by atoms with E-state index < -0.39 is 0 Å². The zero-order valence-electron chi connectivity index (χ0n) is 11.4. The number of nitrogens with zero attached hydrogens (tertiary/aromatic N) is 2. The summed E-state index contributed by atoms with van der Waals surface area (Å²) >= 11 is 0. The molecule has 1 aromatic carbocycles. The maximum absolute atomic E-state index is 4.56. The van der Waals surface area contributed by atoms with Crippen molar-refractivity contribution in [1.82, 2.24) is 9.97 Å². The number of aryl methyl sites for hydroxylation is 3. The second kappa shape index (κ2) is 5.17. The van der Waals surface area contributed by atoms with E-state index in [0.717, 1.165) is 29.4 Å². The molecule has 3 heteroatoms. The second-order valence-corrected chi connectivity index (χ2v) is 4.57. The molecule has 18 heavy (non-hydrogen) atoms. The van der Waals surface area contributed by atoms with E-state index in [4.69, 9.17) is 0 Å². The molecule has 2 rings (SSSR count). The largest absolute Gasteiger partial charge is 0.370 e. The van der Waals surface area contributed by atoms with Crippen LogP contribution in [0, 0.1) is 20.8 Å². The van der Waals surface area contributed by atoms with E-state index in [2.05, 4.69) is 54.3 Å². The predicted octanol–water partition coefficient (Wildman–Crippen LogP) is 3.50. The third-order valence-electron chi connectivity index (χ3n) is 2.83. The Kier molecular flexibility index (Phi) is 3.60. The van der Waals surface area contributed by atoms with E-state index in [1.165, 1.54) is 11.1 Å². The molecule has 0 bridgehead atoms. The minimum absolute atomic E-state index is 0.795. The normalized spacial score (nSPS) is 10.4. The van der Waals surface area contributed by atoms with Crippen molar-refractivity contribution in [2.24, 2.45) is 0 Å². The molecule has 2 aromatic rings. The topological polar surface area (TPSA) is 37.8 Å². The lowest BCUT2D eigenvalue weighted by Gasteiger charge is -2.09. The molecule has 3 nitrogen and oxygen atoms in total. The first-order valence-corrected chi connectivity index (χ1v) is 6.27. The Labute approximate surface area is 108 Å². The van der Waals surface area contributed by atoms with Gasteiger partial charge in [-0.3, -0.25) is 0 Å². The molecule has 0 unspecified atom stereocenters. The number of rotatable bonds is 3. The average molecular weight is 241 g/mol. The first-order valence-electron chi connectivity index (χ1n) is 6.27. The highest BCUT2D eigenvalue weighted by Gasteiger charge is 2.07. The SMILES string of the molecule is CCNc1cc(C)nc(-c2ccc(C)cc2C)n1. The van der Waals surface area contributed by atoms with Gasteiger partial charge in [-0.2, -0.15) is 0 Å². The van der Waals surface area contributed by atoms with Crippen LogP contribution in [0.15, 0.2) is 24.3 Å². The van der Waals surface area contributed by atoms with Gasteiger partial charge in [0.15, 0.2) is 5.82 Å². The van der Waals surface area contributed by atoms with Gasteiger partial charge in [-0.1, -0.05) is 23.8 Å². The van der Waals surface area contributed by atoms with Gasteiger partial charge in [-0.05, 0) is 33.3 Å². The van der Waals surface area contributed by atoms with Crippen LogP contribution in [0.1, 0.15) is 23.7 Å². The Morgan fingerprint density at radius 1 is 1.06 bits per heavy atom. The van der Waals surface area contributed by atoms with Gasteiger partial charge in [0.1, 0.15) is 5.82 Å². The molecule has 0 saturated carbocycles. The molecule has 0 radical (unpaired) electrons. The Balaban J connectivity index is 2.49. The highest BCUT2D eigenvalue weighted by Crippen LogP contribution is 2.22. The maximum Gasteiger partial charge on any atom is 0.162 e. The van der Waals surface area contributed by atoms with Crippen LogP contribution in [0.4, 0.5) is 5.82 Å². The fourth-order valence-corrected chi connectivity index (χ4v) is 2.03. The van der Waals surface area contributed by atoms with E-state index in [1.54, 1.807) is 0 Å². The summed E-state index contributed by atoms with van der Waals surface area (Å²) in [6.07, 6.45) is 0. The monoisotopic (exact) mass is 241 g/mol. The van der Waals surface area contributed by atoms with Gasteiger partial charge in [0.05, 0.1) is 0 Å². The number of anilines is 1. The smallest absolute Gasteiger partial charge is 0.162 e. The van der Waals surface area contributed by atoms with Crippen molar-refractivity contribution in [1.29, 1.82) is 0 Å². The fraction of sp³-hybridized carbons (Fsp3) is 0.333. The van der Waals surface area contributed by atoms with E-state index in [-0.39, 0.29) is 0 Å². The van der Waals surface area contributed by atoms with Gasteiger partial charge in [0, 0.05) is 23.9 Å². The zero-order valence-corrected chi connectivity index (χ0v) is 11.4. The maximum atomic E-state index is 4.56. The fourth-order valence-electron chi connectivity index (χ4n) is 2.03. The molecule has 0 aliphatic carbocycles. The van der Waals surface area contributed by atoms with Gasteiger partial charge in [0.2, 0.25) is 0 Å². The molecule has 0 atom stereocenters. The summed E-state index contributed by atoms with van der Waals surface area (Å²) in [4.78, 5) is 9.09. The molecule has 94 valence electrons. The van der Waals surface area contributed by atoms with Crippen LogP contribution in [0.5, 0.6) is 0 Å². The molecule has 0 aliphatic rings. The highest BCUT2D eigenvalue weighted by molar-refractivity contribution is 5.62. The van der Waals surface area contributed by atoms with Crippen LogP contribution < -0.4 is 5.32 Å². The van der Waals surface area contributed by atoms with Crippen LogP contribution in [-0.4, -0.2) is 16.5 Å². The second-order valence-electron chi connectivity index (χ2n) is 4.57. The Bertz CT molecular complexity index is 562. The number of benzene rings is 1. The molecule has 0 amide bonds. The number of hydrogen-bond acceptors (Lipinski definition) is 3. The van der Waals surface area contributed by atoms with Gasteiger partial charge in [0.25, 0.3) is 0 Å². The first kappa shape index (κ1) is 12.6. The summed E-state index contributed by atoms with van der Waals surface area (Å²) in [5.41, 5.74) is 4.55. The number of nitrogens with one attached hydrogen (secondary N) is 1. The van der Waals surface area contributed by atoms with E-state index >= 15 is 0 Å². The van der Waals surface area contributed by atoms with Gasteiger partial charge < -0.3 is 5.32 Å². The standard InChI is InChI=1S/C15H19N3/c1-5-16-14-9-12(4)17-15(18-14)13-7-6-10(2)8-11(13)3/h6-9H,5H2,1-4H3,(H,16,17,18). The minimum atomic E-state index is 0.795. The summed E-state index contributed by atoms with van der Waals surface area (Å²) in [6, 6.07) is 8.32. The molecule has 1 N–H and O–H groups in total.